The van der Waals surface area contributed by atoms with Gasteiger partial charge in [-0.25, -0.2) is 8.78 Å². The number of carbonyl (C=O) groups is 1. The van der Waals surface area contributed by atoms with Gasteiger partial charge in [0.05, 0.1) is 19.1 Å². The van der Waals surface area contributed by atoms with E-state index in [0.717, 1.165) is 12.1 Å². The first-order chi connectivity index (χ1) is 9.47. The van der Waals surface area contributed by atoms with Crippen LogP contribution in [-0.4, -0.2) is 42.6 Å². The van der Waals surface area contributed by atoms with Crippen molar-refractivity contribution in [2.24, 2.45) is 5.73 Å². The monoisotopic (exact) mass is 284 g/mol. The second-order valence-electron chi connectivity index (χ2n) is 5.02. The largest absolute Gasteiger partial charge is 0.373 e. The van der Waals surface area contributed by atoms with Crippen molar-refractivity contribution in [2.75, 3.05) is 19.7 Å². The molecule has 0 bridgehead atoms. The summed E-state index contributed by atoms with van der Waals surface area (Å²) in [5.74, 6) is -1.55. The summed E-state index contributed by atoms with van der Waals surface area (Å²) in [4.78, 5) is 13.8. The molecular formula is C14H18F2N2O2. The number of amides is 1. The van der Waals surface area contributed by atoms with E-state index in [1.54, 1.807) is 4.90 Å². The van der Waals surface area contributed by atoms with Gasteiger partial charge >= 0.3 is 0 Å². The third-order valence-corrected chi connectivity index (χ3v) is 3.39. The van der Waals surface area contributed by atoms with Crippen LogP contribution < -0.4 is 5.73 Å². The van der Waals surface area contributed by atoms with Gasteiger partial charge in [0.25, 0.3) is 0 Å². The minimum atomic E-state index is -0.699. The van der Waals surface area contributed by atoms with Crippen molar-refractivity contribution in [3.63, 3.8) is 0 Å². The maximum atomic E-state index is 13.5. The number of hydrogen-bond donors (Lipinski definition) is 1. The molecular weight excluding hydrogens is 266 g/mol. The van der Waals surface area contributed by atoms with Gasteiger partial charge in [-0.1, -0.05) is 6.07 Å². The van der Waals surface area contributed by atoms with Crippen molar-refractivity contribution in [2.45, 2.75) is 25.5 Å². The fourth-order valence-electron chi connectivity index (χ4n) is 2.16. The Morgan fingerprint density at radius 3 is 2.95 bits per heavy atom. The average Bonchev–Trinajstić information content (AvgIpc) is 2.42. The maximum Gasteiger partial charge on any atom is 0.227 e. The summed E-state index contributed by atoms with van der Waals surface area (Å²) in [5, 5.41) is 0. The topological polar surface area (TPSA) is 55.6 Å². The fourth-order valence-corrected chi connectivity index (χ4v) is 2.16. The van der Waals surface area contributed by atoms with Crippen LogP contribution in [0.4, 0.5) is 8.78 Å². The second kappa shape index (κ2) is 6.28. The number of morpholine rings is 1. The zero-order valence-electron chi connectivity index (χ0n) is 11.3. The minimum Gasteiger partial charge on any atom is -0.373 e. The first-order valence-electron chi connectivity index (χ1n) is 6.56. The van der Waals surface area contributed by atoms with Crippen molar-refractivity contribution in [3.8, 4) is 0 Å². The normalized spacial score (nSPS) is 20.8. The Kier molecular flexibility index (Phi) is 4.67. The molecule has 6 heteroatoms. The summed E-state index contributed by atoms with van der Waals surface area (Å²) in [6.07, 6.45) is -0.289. The zero-order chi connectivity index (χ0) is 14.7. The van der Waals surface area contributed by atoms with Gasteiger partial charge in [0.15, 0.2) is 0 Å². The van der Waals surface area contributed by atoms with Gasteiger partial charge in [0.2, 0.25) is 5.91 Å². The number of nitrogens with two attached hydrogens (primary N) is 1. The molecule has 1 aliphatic rings. The molecule has 0 spiro atoms. The smallest absolute Gasteiger partial charge is 0.227 e. The summed E-state index contributed by atoms with van der Waals surface area (Å²) in [6.45, 7) is 3.10. The van der Waals surface area contributed by atoms with E-state index >= 15 is 0 Å². The first-order valence-corrected chi connectivity index (χ1v) is 6.56. The number of hydrogen-bond acceptors (Lipinski definition) is 3. The molecule has 0 aliphatic carbocycles. The van der Waals surface area contributed by atoms with Gasteiger partial charge in [0.1, 0.15) is 11.6 Å². The van der Waals surface area contributed by atoms with Gasteiger partial charge in [-0.05, 0) is 18.6 Å². The van der Waals surface area contributed by atoms with Crippen LogP contribution in [0.25, 0.3) is 0 Å². The Morgan fingerprint density at radius 2 is 2.30 bits per heavy atom. The minimum absolute atomic E-state index is 0.0855. The fraction of sp³-hybridized carbons (Fsp3) is 0.500. The predicted molar refractivity (Wildman–Crippen MR) is 70.0 cm³/mol. The Labute approximate surface area is 116 Å². The highest BCUT2D eigenvalue weighted by molar-refractivity contribution is 5.79. The van der Waals surface area contributed by atoms with Crippen LogP contribution in [0.15, 0.2) is 18.2 Å². The van der Waals surface area contributed by atoms with E-state index in [0.29, 0.717) is 19.7 Å². The maximum absolute atomic E-state index is 13.5. The van der Waals surface area contributed by atoms with Gasteiger partial charge in [-0.15, -0.1) is 0 Å². The molecule has 2 atom stereocenters. The lowest BCUT2D eigenvalue weighted by Crippen LogP contribution is -2.51. The summed E-state index contributed by atoms with van der Waals surface area (Å²) < 4.78 is 31.8. The Balaban J connectivity index is 2.00. The highest BCUT2D eigenvalue weighted by Crippen LogP contribution is 2.14. The lowest BCUT2D eigenvalue weighted by atomic mass is 10.1. The number of carbonyl (C=O) groups excluding carboxylic acids is 1. The lowest BCUT2D eigenvalue weighted by Gasteiger charge is -2.34. The standard InChI is InChI=1S/C14H18F2N2O2/c1-9(17)13-8-18(4-5-20-13)14(19)6-10-2-3-11(15)7-12(10)16/h2-3,7,9,13H,4-6,8,17H2,1H3. The van der Waals surface area contributed by atoms with Crippen LogP contribution in [0, 0.1) is 11.6 Å². The Bertz CT molecular complexity index is 494. The molecule has 0 saturated carbocycles. The van der Waals surface area contributed by atoms with Crippen LogP contribution >= 0.6 is 0 Å². The number of benzene rings is 1. The van der Waals surface area contributed by atoms with E-state index in [4.69, 9.17) is 10.5 Å². The van der Waals surface area contributed by atoms with Crippen LogP contribution in [0.2, 0.25) is 0 Å². The summed E-state index contributed by atoms with van der Waals surface area (Å²) in [6, 6.07) is 3.06. The molecule has 20 heavy (non-hydrogen) atoms. The van der Waals surface area contributed by atoms with E-state index in [-0.39, 0.29) is 30.0 Å². The summed E-state index contributed by atoms with van der Waals surface area (Å²) in [5.41, 5.74) is 5.95. The van der Waals surface area contributed by atoms with Crippen molar-refractivity contribution in [1.29, 1.82) is 0 Å². The predicted octanol–water partition coefficient (Wildman–Crippen LogP) is 1.08. The first kappa shape index (κ1) is 14.9. The second-order valence-corrected chi connectivity index (χ2v) is 5.02. The molecule has 4 nitrogen and oxygen atoms in total. The van der Waals surface area contributed by atoms with Gasteiger partial charge in [-0.2, -0.15) is 0 Å². The molecule has 1 aromatic carbocycles. The van der Waals surface area contributed by atoms with E-state index in [9.17, 15) is 13.6 Å². The molecule has 110 valence electrons. The summed E-state index contributed by atoms with van der Waals surface area (Å²) in [7, 11) is 0. The molecule has 1 saturated heterocycles. The van der Waals surface area contributed by atoms with Crippen molar-refractivity contribution >= 4 is 5.91 Å². The molecule has 0 aromatic heterocycles. The lowest BCUT2D eigenvalue weighted by molar-refractivity contribution is -0.138. The number of ether oxygens (including phenoxy) is 1. The van der Waals surface area contributed by atoms with Crippen molar-refractivity contribution in [3.05, 3.63) is 35.4 Å². The third-order valence-electron chi connectivity index (χ3n) is 3.39. The average molecular weight is 284 g/mol. The SMILES string of the molecule is CC(N)C1CN(C(=O)Cc2ccc(F)cc2F)CCO1. The number of halogens is 2. The van der Waals surface area contributed by atoms with Gasteiger partial charge < -0.3 is 15.4 Å². The van der Waals surface area contributed by atoms with Crippen molar-refractivity contribution < 1.29 is 18.3 Å². The molecule has 1 aromatic rings. The molecule has 2 rings (SSSR count). The highest BCUT2D eigenvalue weighted by Gasteiger charge is 2.26. The van der Waals surface area contributed by atoms with Crippen LogP contribution in [-0.2, 0) is 16.0 Å². The molecule has 2 unspecified atom stereocenters. The van der Waals surface area contributed by atoms with Gasteiger partial charge in [0, 0.05) is 25.2 Å². The molecule has 1 heterocycles. The third kappa shape index (κ3) is 3.52. The highest BCUT2D eigenvalue weighted by atomic mass is 19.1. The van der Waals surface area contributed by atoms with Gasteiger partial charge in [-0.3, -0.25) is 4.79 Å². The zero-order valence-corrected chi connectivity index (χ0v) is 11.3. The molecule has 0 radical (unpaired) electrons. The molecule has 2 N–H and O–H groups in total. The Morgan fingerprint density at radius 1 is 1.55 bits per heavy atom. The molecule has 1 fully saturated rings. The number of nitrogens with zero attached hydrogens (tertiary/aromatic N) is 1. The van der Waals surface area contributed by atoms with Crippen LogP contribution in [0.3, 0.4) is 0 Å². The quantitative estimate of drug-likeness (QED) is 0.903. The van der Waals surface area contributed by atoms with Crippen LogP contribution in [0.1, 0.15) is 12.5 Å². The molecule has 1 aliphatic heterocycles. The Hall–Kier alpha value is -1.53. The van der Waals surface area contributed by atoms with E-state index in [2.05, 4.69) is 0 Å². The summed E-state index contributed by atoms with van der Waals surface area (Å²) >= 11 is 0. The number of rotatable bonds is 3. The molecule has 1 amide bonds. The van der Waals surface area contributed by atoms with E-state index in [1.165, 1.54) is 6.07 Å². The van der Waals surface area contributed by atoms with E-state index < -0.39 is 11.6 Å². The van der Waals surface area contributed by atoms with Crippen LogP contribution in [0.5, 0.6) is 0 Å². The van der Waals surface area contributed by atoms with E-state index in [1.807, 2.05) is 6.92 Å². The van der Waals surface area contributed by atoms with Crippen molar-refractivity contribution in [1.82, 2.24) is 4.90 Å².